The maximum Gasteiger partial charge on any atom is 0.410 e. The molecule has 0 spiro atoms. The predicted molar refractivity (Wildman–Crippen MR) is 89.3 cm³/mol. The molecule has 3 fully saturated rings. The summed E-state index contributed by atoms with van der Waals surface area (Å²) in [6, 6.07) is 3.54. The summed E-state index contributed by atoms with van der Waals surface area (Å²) in [5.74, 6) is -0.0382. The van der Waals surface area contributed by atoms with Gasteiger partial charge in [-0.2, -0.15) is 0 Å². The third-order valence-corrected chi connectivity index (χ3v) is 5.22. The lowest BCUT2D eigenvalue weighted by molar-refractivity contribution is 0.0362. The summed E-state index contributed by atoms with van der Waals surface area (Å²) in [5.41, 5.74) is 0.574. The van der Waals surface area contributed by atoms with Crippen molar-refractivity contribution in [3.63, 3.8) is 0 Å². The molecule has 0 aliphatic carbocycles. The van der Waals surface area contributed by atoms with Crippen molar-refractivity contribution in [1.82, 2.24) is 19.7 Å². The number of hydrogen-bond donors (Lipinski definition) is 1. The summed E-state index contributed by atoms with van der Waals surface area (Å²) in [5, 5.41) is 0. The number of H-pyrrole nitrogens is 1. The smallest absolute Gasteiger partial charge is 0.410 e. The maximum atomic E-state index is 12.5. The van der Waals surface area contributed by atoms with Crippen LogP contribution in [0.15, 0.2) is 18.3 Å². The number of hydrogen-bond acceptors (Lipinski definition) is 5. The molecule has 136 valence electrons. The van der Waals surface area contributed by atoms with Crippen molar-refractivity contribution in [2.45, 2.75) is 18.6 Å². The average Bonchev–Trinajstić information content (AvgIpc) is 3.33. The van der Waals surface area contributed by atoms with E-state index < -0.39 is 0 Å². The molecule has 1 aromatic heterocycles. The molecule has 0 saturated carbocycles. The number of carbonyl (C=O) groups excluding carboxylic acids is 2. The SMILES string of the molecule is O=C(c1ccc[nH]1)N1CC2OC(=O)N(CCCN3CCOCC3)C2C1. The standard InChI is InChI=1S/C17H24N4O4/c22-16(13-3-1-4-18-13)20-11-14-15(12-20)25-17(23)21(14)6-2-5-19-7-9-24-10-8-19/h1,3-4,14-15,18H,2,5-12H2. The van der Waals surface area contributed by atoms with Gasteiger partial charge in [-0.25, -0.2) is 4.79 Å². The monoisotopic (exact) mass is 348 g/mol. The number of fused-ring (bicyclic) bond motifs is 1. The lowest BCUT2D eigenvalue weighted by Crippen LogP contribution is -2.42. The van der Waals surface area contributed by atoms with E-state index in [1.165, 1.54) is 0 Å². The minimum Gasteiger partial charge on any atom is -0.442 e. The molecular weight excluding hydrogens is 324 g/mol. The van der Waals surface area contributed by atoms with Crippen molar-refractivity contribution in [3.8, 4) is 0 Å². The fourth-order valence-corrected chi connectivity index (χ4v) is 3.85. The summed E-state index contributed by atoms with van der Waals surface area (Å²) < 4.78 is 10.8. The molecule has 3 aliphatic heterocycles. The van der Waals surface area contributed by atoms with Gasteiger partial charge in [0.1, 0.15) is 11.8 Å². The Balaban J connectivity index is 1.31. The molecule has 4 heterocycles. The summed E-state index contributed by atoms with van der Waals surface area (Å²) >= 11 is 0. The molecule has 3 saturated heterocycles. The van der Waals surface area contributed by atoms with Gasteiger partial charge in [0.05, 0.1) is 25.8 Å². The van der Waals surface area contributed by atoms with Gasteiger partial charge in [-0.15, -0.1) is 0 Å². The van der Waals surface area contributed by atoms with Crippen LogP contribution in [0.4, 0.5) is 4.79 Å². The minimum atomic E-state index is -0.246. The van der Waals surface area contributed by atoms with Gasteiger partial charge in [0.2, 0.25) is 0 Å². The number of carbonyl (C=O) groups is 2. The first-order valence-corrected chi connectivity index (χ1v) is 8.92. The van der Waals surface area contributed by atoms with E-state index in [9.17, 15) is 9.59 Å². The number of nitrogens with one attached hydrogen (secondary N) is 1. The van der Waals surface area contributed by atoms with E-state index in [2.05, 4.69) is 9.88 Å². The van der Waals surface area contributed by atoms with Crippen molar-refractivity contribution >= 4 is 12.0 Å². The summed E-state index contributed by atoms with van der Waals surface area (Å²) in [4.78, 5) is 33.5. The highest BCUT2D eigenvalue weighted by Gasteiger charge is 2.48. The molecule has 25 heavy (non-hydrogen) atoms. The van der Waals surface area contributed by atoms with Gasteiger partial charge in [0.25, 0.3) is 5.91 Å². The van der Waals surface area contributed by atoms with E-state index in [-0.39, 0.29) is 24.1 Å². The average molecular weight is 348 g/mol. The van der Waals surface area contributed by atoms with Crippen molar-refractivity contribution in [3.05, 3.63) is 24.0 Å². The first-order valence-electron chi connectivity index (χ1n) is 8.92. The molecule has 2 unspecified atom stereocenters. The van der Waals surface area contributed by atoms with E-state index in [4.69, 9.17) is 9.47 Å². The highest BCUT2D eigenvalue weighted by molar-refractivity contribution is 5.92. The van der Waals surface area contributed by atoms with Crippen molar-refractivity contribution in [2.24, 2.45) is 0 Å². The third kappa shape index (κ3) is 3.36. The predicted octanol–water partition coefficient (Wildman–Crippen LogP) is 0.382. The molecule has 4 rings (SSSR count). The Labute approximate surface area is 146 Å². The van der Waals surface area contributed by atoms with Gasteiger partial charge in [-0.3, -0.25) is 14.6 Å². The van der Waals surface area contributed by atoms with Crippen LogP contribution in [-0.2, 0) is 9.47 Å². The molecule has 8 nitrogen and oxygen atoms in total. The Kier molecular flexibility index (Phi) is 4.63. The number of rotatable bonds is 5. The van der Waals surface area contributed by atoms with Crippen LogP contribution in [0, 0.1) is 0 Å². The van der Waals surface area contributed by atoms with Crippen LogP contribution < -0.4 is 0 Å². The summed E-state index contributed by atoms with van der Waals surface area (Å²) in [7, 11) is 0. The molecule has 0 bridgehead atoms. The Morgan fingerprint density at radius 3 is 2.84 bits per heavy atom. The molecule has 2 atom stereocenters. The topological polar surface area (TPSA) is 78.1 Å². The Hall–Kier alpha value is -2.06. The normalized spacial score (nSPS) is 26.8. The highest BCUT2D eigenvalue weighted by Crippen LogP contribution is 2.28. The fraction of sp³-hybridized carbons (Fsp3) is 0.647. The quantitative estimate of drug-likeness (QED) is 0.832. The molecule has 1 N–H and O–H groups in total. The zero-order valence-electron chi connectivity index (χ0n) is 14.2. The third-order valence-electron chi connectivity index (χ3n) is 5.22. The van der Waals surface area contributed by atoms with E-state index in [1.807, 2.05) is 6.07 Å². The van der Waals surface area contributed by atoms with E-state index in [1.54, 1.807) is 22.1 Å². The molecule has 2 amide bonds. The van der Waals surface area contributed by atoms with Crippen molar-refractivity contribution < 1.29 is 19.1 Å². The number of nitrogens with zero attached hydrogens (tertiary/aromatic N) is 3. The van der Waals surface area contributed by atoms with Crippen LogP contribution in [0.5, 0.6) is 0 Å². The van der Waals surface area contributed by atoms with E-state index >= 15 is 0 Å². The number of aromatic nitrogens is 1. The van der Waals surface area contributed by atoms with Crippen LogP contribution in [0.25, 0.3) is 0 Å². The molecule has 3 aliphatic rings. The van der Waals surface area contributed by atoms with Crippen LogP contribution in [0.2, 0.25) is 0 Å². The van der Waals surface area contributed by atoms with Crippen LogP contribution in [0.1, 0.15) is 16.9 Å². The number of ether oxygens (including phenoxy) is 2. The second-order valence-corrected chi connectivity index (χ2v) is 6.78. The molecule has 8 heteroatoms. The van der Waals surface area contributed by atoms with Crippen LogP contribution >= 0.6 is 0 Å². The summed E-state index contributed by atoms with van der Waals surface area (Å²) in [6.07, 6.45) is 2.18. The minimum absolute atomic E-state index is 0.0314. The Morgan fingerprint density at radius 2 is 2.08 bits per heavy atom. The van der Waals surface area contributed by atoms with Crippen LogP contribution in [-0.4, -0.2) is 96.3 Å². The number of amides is 2. The Morgan fingerprint density at radius 1 is 1.24 bits per heavy atom. The number of aromatic amines is 1. The number of morpholine rings is 1. The van der Waals surface area contributed by atoms with Gasteiger partial charge >= 0.3 is 6.09 Å². The maximum absolute atomic E-state index is 12.5. The second kappa shape index (κ2) is 7.05. The molecular formula is C17H24N4O4. The molecule has 0 radical (unpaired) electrons. The lowest BCUT2D eigenvalue weighted by atomic mass is 10.2. The van der Waals surface area contributed by atoms with Gasteiger partial charge < -0.3 is 19.4 Å². The van der Waals surface area contributed by atoms with Gasteiger partial charge in [-0.1, -0.05) is 0 Å². The fourth-order valence-electron chi connectivity index (χ4n) is 3.85. The van der Waals surface area contributed by atoms with Crippen molar-refractivity contribution in [1.29, 1.82) is 0 Å². The van der Waals surface area contributed by atoms with Crippen molar-refractivity contribution in [2.75, 3.05) is 52.5 Å². The zero-order valence-corrected chi connectivity index (χ0v) is 14.2. The highest BCUT2D eigenvalue weighted by atomic mass is 16.6. The largest absolute Gasteiger partial charge is 0.442 e. The number of likely N-dealkylation sites (tertiary alicyclic amines) is 1. The second-order valence-electron chi connectivity index (χ2n) is 6.78. The van der Waals surface area contributed by atoms with E-state index in [0.29, 0.717) is 25.3 Å². The van der Waals surface area contributed by atoms with E-state index in [0.717, 1.165) is 39.3 Å². The van der Waals surface area contributed by atoms with Gasteiger partial charge in [0.15, 0.2) is 0 Å². The first kappa shape index (κ1) is 16.4. The lowest BCUT2D eigenvalue weighted by Gasteiger charge is -2.28. The Bertz CT molecular complexity index is 614. The summed E-state index contributed by atoms with van der Waals surface area (Å²) in [6.45, 7) is 6.10. The first-order chi connectivity index (χ1) is 12.2. The molecule has 0 aromatic carbocycles. The zero-order chi connectivity index (χ0) is 17.2. The van der Waals surface area contributed by atoms with Crippen LogP contribution in [0.3, 0.4) is 0 Å². The van der Waals surface area contributed by atoms with Gasteiger partial charge in [0, 0.05) is 38.9 Å². The van der Waals surface area contributed by atoms with Gasteiger partial charge in [-0.05, 0) is 18.6 Å². The molecule has 1 aromatic rings.